The number of pyridine rings is 2. The summed E-state index contributed by atoms with van der Waals surface area (Å²) in [5.41, 5.74) is 1.49. The highest BCUT2D eigenvalue weighted by Gasteiger charge is 2.20. The van der Waals surface area contributed by atoms with Crippen LogP contribution in [-0.4, -0.2) is 25.3 Å². The Bertz CT molecular complexity index is 1220. The summed E-state index contributed by atoms with van der Waals surface area (Å²) in [6.45, 7) is 3.80. The third-order valence-corrected chi connectivity index (χ3v) is 4.44. The molecule has 152 valence electrons. The summed E-state index contributed by atoms with van der Waals surface area (Å²) in [5.74, 6) is 3.16. The molecule has 4 aromatic rings. The molecule has 10 heteroatoms. The predicted octanol–water partition coefficient (Wildman–Crippen LogP) is 3.83. The molecule has 0 bridgehead atoms. The molecule has 4 heterocycles. The third kappa shape index (κ3) is 4.36. The highest BCUT2D eigenvalue weighted by Crippen LogP contribution is 2.27. The quantitative estimate of drug-likeness (QED) is 0.339. The second-order valence-electron chi connectivity index (χ2n) is 6.40. The van der Waals surface area contributed by atoms with Crippen molar-refractivity contribution < 1.29 is 18.4 Å². The van der Waals surface area contributed by atoms with Gasteiger partial charge in [-0.25, -0.2) is 9.51 Å². The molecule has 0 unspecified atom stereocenters. The normalized spacial score (nSPS) is 11.3. The fraction of sp³-hybridized carbons (Fsp3) is 0.200. The summed E-state index contributed by atoms with van der Waals surface area (Å²) in [7, 11) is 1.85. The molecule has 0 N–H and O–H groups in total. The van der Waals surface area contributed by atoms with Crippen molar-refractivity contribution in [3.05, 3.63) is 58.8 Å². The molecular weight excluding hydrogens is 408 g/mol. The monoisotopic (exact) mass is 425 g/mol. The minimum Gasteiger partial charge on any atom is -0.437 e. The first-order valence-electron chi connectivity index (χ1n) is 9.15. The van der Waals surface area contributed by atoms with Crippen LogP contribution >= 0.6 is 11.6 Å². The number of hydrogen-bond donors (Lipinski definition) is 0. The zero-order valence-electron chi connectivity index (χ0n) is 16.5. The summed E-state index contributed by atoms with van der Waals surface area (Å²) in [6, 6.07) is 5.21. The van der Waals surface area contributed by atoms with Crippen LogP contribution in [0.15, 0.2) is 39.6 Å². The summed E-state index contributed by atoms with van der Waals surface area (Å²) >= 11 is 6.18. The third-order valence-electron chi connectivity index (χ3n) is 4.25. The van der Waals surface area contributed by atoms with E-state index in [2.05, 4.69) is 25.3 Å². The topological polar surface area (TPSA) is 104 Å². The summed E-state index contributed by atoms with van der Waals surface area (Å²) in [5, 5.41) is 8.07. The summed E-state index contributed by atoms with van der Waals surface area (Å²) in [6.07, 6.45) is 7.51. The number of aryl methyl sites for hydroxylation is 2. The zero-order valence-corrected chi connectivity index (χ0v) is 17.3. The van der Waals surface area contributed by atoms with E-state index in [1.807, 2.05) is 25.5 Å². The first kappa shape index (κ1) is 19.7. The van der Waals surface area contributed by atoms with Gasteiger partial charge in [-0.2, -0.15) is 9.55 Å². The van der Waals surface area contributed by atoms with E-state index in [9.17, 15) is 0 Å². The average Bonchev–Trinajstić information content (AvgIpc) is 3.33. The molecule has 0 saturated carbocycles. The molecule has 0 amide bonds. The van der Waals surface area contributed by atoms with Gasteiger partial charge in [-0.05, 0) is 23.8 Å². The van der Waals surface area contributed by atoms with Gasteiger partial charge in [-0.15, -0.1) is 0 Å². The first-order chi connectivity index (χ1) is 14.5. The summed E-state index contributed by atoms with van der Waals surface area (Å²) in [4.78, 5) is 12.7. The van der Waals surface area contributed by atoms with Crippen LogP contribution in [0.5, 0.6) is 11.6 Å². The highest BCUT2D eigenvalue weighted by molar-refractivity contribution is 6.29. The number of aromatic nitrogens is 6. The Morgan fingerprint density at radius 2 is 1.97 bits per heavy atom. The van der Waals surface area contributed by atoms with Crippen molar-refractivity contribution in [1.29, 1.82) is 0 Å². The van der Waals surface area contributed by atoms with Crippen molar-refractivity contribution in [2.24, 2.45) is 7.05 Å². The summed E-state index contributed by atoms with van der Waals surface area (Å²) < 4.78 is 18.2. The minimum absolute atomic E-state index is 0.267. The van der Waals surface area contributed by atoms with Crippen LogP contribution in [0.25, 0.3) is 23.6 Å². The second-order valence-corrected chi connectivity index (χ2v) is 6.79. The zero-order chi connectivity index (χ0) is 21.1. The second kappa shape index (κ2) is 8.42. The van der Waals surface area contributed by atoms with Crippen LogP contribution in [0.2, 0.25) is 5.15 Å². The number of hydrogen-bond acceptors (Lipinski definition) is 8. The molecule has 0 radical (unpaired) electrons. The van der Waals surface area contributed by atoms with E-state index in [0.717, 1.165) is 11.4 Å². The van der Waals surface area contributed by atoms with E-state index in [1.54, 1.807) is 42.7 Å². The standard InChI is InChI=1S/C20H18ClN6O3/c1-4-17-24-18(29-26-17)6-5-13-7-15(11-22-10-13)28-19-9-14(8-16(21)23-19)20-27(3)12(2)25-30-20/h5-11H,4H2,1-3H3/q+1/b6-5+. The van der Waals surface area contributed by atoms with Crippen LogP contribution in [0, 0.1) is 6.92 Å². The molecule has 9 nitrogen and oxygen atoms in total. The van der Waals surface area contributed by atoms with Crippen molar-refractivity contribution >= 4 is 23.8 Å². The molecule has 0 aliphatic carbocycles. The molecule has 0 aliphatic heterocycles. The Balaban J connectivity index is 1.56. The van der Waals surface area contributed by atoms with Gasteiger partial charge in [-0.3, -0.25) is 4.98 Å². The maximum absolute atomic E-state index is 6.18. The van der Waals surface area contributed by atoms with Gasteiger partial charge in [0.2, 0.25) is 5.88 Å². The van der Waals surface area contributed by atoms with Crippen molar-refractivity contribution in [3.63, 3.8) is 0 Å². The van der Waals surface area contributed by atoms with E-state index >= 15 is 0 Å². The lowest BCUT2D eigenvalue weighted by Crippen LogP contribution is -2.31. The van der Waals surface area contributed by atoms with Gasteiger partial charge in [0.05, 0.1) is 18.8 Å². The number of ether oxygens (including phenoxy) is 1. The number of halogens is 1. The Labute approximate surface area is 177 Å². The fourth-order valence-corrected chi connectivity index (χ4v) is 2.82. The molecule has 4 rings (SSSR count). The SMILES string of the molecule is CCc1noc(/C=C/c2cncc(Oc3cc(-c4onc(C)[n+]4C)cc(Cl)n3)c2)n1. The van der Waals surface area contributed by atoms with Crippen molar-refractivity contribution in [1.82, 2.24) is 25.3 Å². The molecule has 0 spiro atoms. The molecule has 0 aromatic carbocycles. The fourth-order valence-electron chi connectivity index (χ4n) is 2.62. The van der Waals surface area contributed by atoms with E-state index in [0.29, 0.717) is 41.2 Å². The van der Waals surface area contributed by atoms with Crippen LogP contribution in [0.3, 0.4) is 0 Å². The smallest absolute Gasteiger partial charge is 0.348 e. The van der Waals surface area contributed by atoms with Crippen molar-refractivity contribution in [3.8, 4) is 23.1 Å². The molecule has 30 heavy (non-hydrogen) atoms. The molecule has 0 atom stereocenters. The largest absolute Gasteiger partial charge is 0.437 e. The van der Waals surface area contributed by atoms with E-state index in [-0.39, 0.29) is 5.15 Å². The van der Waals surface area contributed by atoms with Gasteiger partial charge in [0.1, 0.15) is 10.9 Å². The van der Waals surface area contributed by atoms with E-state index < -0.39 is 0 Å². The predicted molar refractivity (Wildman–Crippen MR) is 108 cm³/mol. The van der Waals surface area contributed by atoms with Gasteiger partial charge in [-0.1, -0.05) is 23.7 Å². The lowest BCUT2D eigenvalue weighted by atomic mass is 10.2. The lowest BCUT2D eigenvalue weighted by molar-refractivity contribution is -0.669. The molecule has 4 aromatic heterocycles. The average molecular weight is 426 g/mol. The molecule has 0 aliphatic rings. The van der Waals surface area contributed by atoms with Gasteiger partial charge in [0, 0.05) is 31.7 Å². The molecule has 0 saturated heterocycles. The Morgan fingerprint density at radius 1 is 1.10 bits per heavy atom. The molecular formula is C20H18ClN6O3+. The number of nitrogens with zero attached hydrogens (tertiary/aromatic N) is 6. The van der Waals surface area contributed by atoms with Gasteiger partial charge in [0.15, 0.2) is 11.0 Å². The maximum atomic E-state index is 6.18. The maximum Gasteiger partial charge on any atom is 0.348 e. The number of rotatable bonds is 6. The van der Waals surface area contributed by atoms with Crippen molar-refractivity contribution in [2.75, 3.05) is 0 Å². The minimum atomic E-state index is 0.267. The lowest BCUT2D eigenvalue weighted by Gasteiger charge is -2.06. The first-order valence-corrected chi connectivity index (χ1v) is 9.53. The van der Waals surface area contributed by atoms with Gasteiger partial charge < -0.3 is 9.26 Å². The highest BCUT2D eigenvalue weighted by atomic mass is 35.5. The molecule has 0 fully saturated rings. The van der Waals surface area contributed by atoms with Crippen LogP contribution in [0.1, 0.15) is 30.0 Å². The van der Waals surface area contributed by atoms with E-state index in [1.165, 1.54) is 0 Å². The van der Waals surface area contributed by atoms with Crippen LogP contribution in [-0.2, 0) is 13.5 Å². The Morgan fingerprint density at radius 3 is 2.70 bits per heavy atom. The Kier molecular flexibility index (Phi) is 5.53. The van der Waals surface area contributed by atoms with Crippen molar-refractivity contribution in [2.45, 2.75) is 20.3 Å². The van der Waals surface area contributed by atoms with Gasteiger partial charge >= 0.3 is 11.7 Å². The van der Waals surface area contributed by atoms with Crippen LogP contribution < -0.4 is 9.30 Å². The van der Waals surface area contributed by atoms with E-state index in [4.69, 9.17) is 25.4 Å². The van der Waals surface area contributed by atoms with Crippen LogP contribution in [0.4, 0.5) is 0 Å². The van der Waals surface area contributed by atoms with Gasteiger partial charge in [0.25, 0.3) is 5.89 Å². The Hall–Kier alpha value is -3.59.